The molecule has 0 aliphatic rings. The van der Waals surface area contributed by atoms with Gasteiger partial charge in [0.15, 0.2) is 0 Å². The number of hydrogen-bond donors (Lipinski definition) is 1. The minimum atomic E-state index is -0.0321. The molecule has 0 spiro atoms. The van der Waals surface area contributed by atoms with Crippen LogP contribution in [0.5, 0.6) is 0 Å². The minimum absolute atomic E-state index is 0. The van der Waals surface area contributed by atoms with Crippen LogP contribution in [-0.2, 0) is 26.7 Å². The Bertz CT molecular complexity index is 234. The van der Waals surface area contributed by atoms with Crippen LogP contribution in [0.2, 0.25) is 0 Å². The van der Waals surface area contributed by atoms with E-state index in [0.717, 1.165) is 25.5 Å². The first-order chi connectivity index (χ1) is 8.63. The third-order valence-electron chi connectivity index (χ3n) is 3.13. The summed E-state index contributed by atoms with van der Waals surface area (Å²) in [4.78, 5) is 22.3. The van der Waals surface area contributed by atoms with E-state index >= 15 is 0 Å². The molecule has 0 aromatic carbocycles. The first-order valence-electron chi connectivity index (χ1n) is 7.16. The van der Waals surface area contributed by atoms with E-state index in [1.165, 1.54) is 19.3 Å². The van der Waals surface area contributed by atoms with Crippen LogP contribution >= 0.6 is 0 Å². The maximum absolute atomic E-state index is 11.8. The van der Waals surface area contributed by atoms with Gasteiger partial charge in [-0.25, -0.2) is 0 Å². The molecule has 0 aromatic rings. The maximum Gasteiger partial charge on any atom is 0.220 e. The van der Waals surface area contributed by atoms with Gasteiger partial charge in [0.1, 0.15) is 6.29 Å². The molecule has 0 heterocycles. The summed E-state index contributed by atoms with van der Waals surface area (Å²) in [7, 11) is 0. The quantitative estimate of drug-likeness (QED) is 0.275. The van der Waals surface area contributed by atoms with Crippen molar-refractivity contribution in [2.75, 3.05) is 0 Å². The molecule has 4 heteroatoms. The third-order valence-corrected chi connectivity index (χ3v) is 3.13. The summed E-state index contributed by atoms with van der Waals surface area (Å²) >= 11 is 0. The van der Waals surface area contributed by atoms with Crippen molar-refractivity contribution in [1.29, 1.82) is 0 Å². The molecule has 2 unspecified atom stereocenters. The molecule has 19 heavy (non-hydrogen) atoms. The van der Waals surface area contributed by atoms with Gasteiger partial charge in [-0.3, -0.25) is 4.79 Å². The van der Waals surface area contributed by atoms with Crippen LogP contribution in [0.4, 0.5) is 0 Å². The van der Waals surface area contributed by atoms with Gasteiger partial charge in [-0.1, -0.05) is 46.0 Å². The number of nitrogens with one attached hydrogen (secondary N) is 1. The minimum Gasteiger partial charge on any atom is -0.353 e. The Morgan fingerprint density at radius 2 is 2.00 bits per heavy atom. The summed E-state index contributed by atoms with van der Waals surface area (Å²) < 4.78 is 0. The number of carbonyl (C=O) groups is 2. The first kappa shape index (κ1) is 21.0. The second kappa shape index (κ2) is 14.1. The fraction of sp³-hybridized carbons (Fsp3) is 0.800. The van der Waals surface area contributed by atoms with Gasteiger partial charge in [-0.2, -0.15) is 6.42 Å². The smallest absolute Gasteiger partial charge is 0.220 e. The van der Waals surface area contributed by atoms with Gasteiger partial charge in [-0.15, -0.1) is 0 Å². The zero-order chi connectivity index (χ0) is 13.8. The van der Waals surface area contributed by atoms with Crippen LogP contribution in [0, 0.1) is 12.8 Å². The second-order valence-electron chi connectivity index (χ2n) is 5.11. The predicted octanol–water partition coefficient (Wildman–Crippen LogP) is 3.28. The van der Waals surface area contributed by atoms with Gasteiger partial charge in [0.2, 0.25) is 5.91 Å². The van der Waals surface area contributed by atoms with Gasteiger partial charge in [-0.05, 0) is 5.92 Å². The average molecular weight is 309 g/mol. The molecule has 0 saturated heterocycles. The maximum atomic E-state index is 11.8. The molecule has 0 aliphatic carbocycles. The van der Waals surface area contributed by atoms with Crippen molar-refractivity contribution in [1.82, 2.24) is 5.32 Å². The van der Waals surface area contributed by atoms with E-state index in [2.05, 4.69) is 26.1 Å². The Morgan fingerprint density at radius 3 is 2.53 bits per heavy atom. The van der Waals surface area contributed by atoms with Gasteiger partial charge in [0, 0.05) is 36.0 Å². The monoisotopic (exact) mass is 309 g/mol. The number of rotatable bonds is 11. The molecular formula is C15H28MnNO2-. The summed E-state index contributed by atoms with van der Waals surface area (Å²) in [6.45, 7) is 8.06. The molecule has 0 fully saturated rings. The standard InChI is InChI=1S/C15H28NO2.Mn/c1-4-6-7-9-13(3)12-15(18)16-14(8-5-2)10-11-17;/h11,13-14H,2,4-10,12H2,1,3H3,(H,16,18);/q-1;. The fourth-order valence-electron chi connectivity index (χ4n) is 2.06. The Morgan fingerprint density at radius 1 is 1.32 bits per heavy atom. The van der Waals surface area contributed by atoms with Crippen molar-refractivity contribution in [3.8, 4) is 0 Å². The van der Waals surface area contributed by atoms with Crippen LogP contribution in [0.1, 0.15) is 65.2 Å². The normalized spacial score (nSPS) is 13.2. The molecule has 0 bridgehead atoms. The van der Waals surface area contributed by atoms with Crippen LogP contribution < -0.4 is 5.32 Å². The number of aldehydes is 1. The SMILES string of the molecule is [CH2-]CCC(CC=O)NC(=O)CC(C)CCCCC.[Mn]. The number of carbonyl (C=O) groups excluding carboxylic acids is 2. The molecule has 0 aliphatic heterocycles. The van der Waals surface area contributed by atoms with Gasteiger partial charge >= 0.3 is 0 Å². The van der Waals surface area contributed by atoms with Crippen LogP contribution in [0.3, 0.4) is 0 Å². The topological polar surface area (TPSA) is 46.2 Å². The summed E-state index contributed by atoms with van der Waals surface area (Å²) in [6.07, 6.45) is 8.09. The van der Waals surface area contributed by atoms with Crippen molar-refractivity contribution in [3.63, 3.8) is 0 Å². The molecule has 2 atom stereocenters. The van der Waals surface area contributed by atoms with Gasteiger partial charge in [0.25, 0.3) is 0 Å². The van der Waals surface area contributed by atoms with E-state index in [9.17, 15) is 9.59 Å². The molecule has 0 rings (SSSR count). The molecule has 3 nitrogen and oxygen atoms in total. The third kappa shape index (κ3) is 12.4. The van der Waals surface area contributed by atoms with Crippen LogP contribution in [-0.4, -0.2) is 18.2 Å². The van der Waals surface area contributed by atoms with E-state index in [4.69, 9.17) is 0 Å². The van der Waals surface area contributed by atoms with E-state index in [1.807, 2.05) is 0 Å². The Hall–Kier alpha value is -0.341. The Kier molecular flexibility index (Phi) is 15.5. The molecule has 1 amide bonds. The van der Waals surface area contributed by atoms with E-state index in [0.29, 0.717) is 18.8 Å². The largest absolute Gasteiger partial charge is 0.353 e. The Balaban J connectivity index is 0. The summed E-state index contributed by atoms with van der Waals surface area (Å²) in [5, 5.41) is 2.93. The molecule has 113 valence electrons. The van der Waals surface area contributed by atoms with Crippen molar-refractivity contribution >= 4 is 12.2 Å². The van der Waals surface area contributed by atoms with E-state index in [1.54, 1.807) is 0 Å². The Labute approximate surface area is 128 Å². The summed E-state index contributed by atoms with van der Waals surface area (Å²) in [5.74, 6) is 0.493. The zero-order valence-electron chi connectivity index (χ0n) is 12.3. The number of hydrogen-bond acceptors (Lipinski definition) is 2. The van der Waals surface area contributed by atoms with Crippen LogP contribution in [0.25, 0.3) is 0 Å². The second-order valence-corrected chi connectivity index (χ2v) is 5.11. The fourth-order valence-corrected chi connectivity index (χ4v) is 2.06. The average Bonchev–Trinajstić information content (AvgIpc) is 2.29. The number of amides is 1. The molecule has 1 N–H and O–H groups in total. The summed E-state index contributed by atoms with van der Waals surface area (Å²) in [6, 6.07) is -0.0321. The summed E-state index contributed by atoms with van der Waals surface area (Å²) in [5.41, 5.74) is 0. The molecule has 0 aromatic heterocycles. The molecular weight excluding hydrogens is 281 g/mol. The molecule has 1 radical (unpaired) electrons. The van der Waals surface area contributed by atoms with Crippen molar-refractivity contribution < 1.29 is 26.7 Å². The first-order valence-corrected chi connectivity index (χ1v) is 7.16. The van der Waals surface area contributed by atoms with Crippen molar-refractivity contribution in [2.24, 2.45) is 5.92 Å². The zero-order valence-corrected chi connectivity index (χ0v) is 13.5. The van der Waals surface area contributed by atoms with Gasteiger partial charge in [0.05, 0.1) is 0 Å². The molecule has 0 saturated carbocycles. The van der Waals surface area contributed by atoms with Crippen LogP contribution in [0.15, 0.2) is 0 Å². The number of unbranched alkanes of at least 4 members (excludes halogenated alkanes) is 2. The predicted molar refractivity (Wildman–Crippen MR) is 75.1 cm³/mol. The van der Waals surface area contributed by atoms with Crippen molar-refractivity contribution in [3.05, 3.63) is 6.92 Å². The van der Waals surface area contributed by atoms with E-state index in [-0.39, 0.29) is 29.0 Å². The van der Waals surface area contributed by atoms with Gasteiger partial charge < -0.3 is 17.0 Å². The van der Waals surface area contributed by atoms with E-state index < -0.39 is 0 Å². The van der Waals surface area contributed by atoms with Crippen molar-refractivity contribution in [2.45, 2.75) is 71.3 Å².